The molecule has 1 aromatic carbocycles. The van der Waals surface area contributed by atoms with Crippen molar-refractivity contribution >= 4 is 46.4 Å². The van der Waals surface area contributed by atoms with Crippen LogP contribution in [0.3, 0.4) is 0 Å². The Labute approximate surface area is 136 Å². The standard InChI is InChI=1S/C12H13Cl3N2O4/c1-2-3-10(18)16-11(12(13,14)15)21-9-6-4-8(5-7-9)17(19)20/h4-7,11H,2-3H2,1H3,(H,16,18)/t11-/m0/s1. The summed E-state index contributed by atoms with van der Waals surface area (Å²) in [6, 6.07) is 5.21. The van der Waals surface area contributed by atoms with E-state index in [1.54, 1.807) is 0 Å². The normalized spacial score (nSPS) is 12.6. The van der Waals surface area contributed by atoms with Gasteiger partial charge in [-0.3, -0.25) is 14.9 Å². The Morgan fingerprint density at radius 1 is 1.38 bits per heavy atom. The Balaban J connectivity index is 2.81. The van der Waals surface area contributed by atoms with Crippen LogP contribution in [0, 0.1) is 10.1 Å². The van der Waals surface area contributed by atoms with Crippen molar-refractivity contribution in [1.82, 2.24) is 5.32 Å². The molecule has 21 heavy (non-hydrogen) atoms. The van der Waals surface area contributed by atoms with E-state index in [4.69, 9.17) is 39.5 Å². The average molecular weight is 356 g/mol. The largest absolute Gasteiger partial charge is 0.466 e. The third kappa shape index (κ3) is 5.95. The highest BCUT2D eigenvalue weighted by molar-refractivity contribution is 6.68. The fraction of sp³-hybridized carbons (Fsp3) is 0.417. The number of non-ortho nitro benzene ring substituents is 1. The van der Waals surface area contributed by atoms with Crippen LogP contribution in [-0.4, -0.2) is 20.9 Å². The first-order valence-electron chi connectivity index (χ1n) is 6.01. The van der Waals surface area contributed by atoms with E-state index >= 15 is 0 Å². The highest BCUT2D eigenvalue weighted by Gasteiger charge is 2.36. The SMILES string of the molecule is CCCC(=O)N[C@@H](Oc1ccc([N+](=O)[O-])cc1)C(Cl)(Cl)Cl. The summed E-state index contributed by atoms with van der Waals surface area (Å²) in [5.74, 6) is -0.0931. The van der Waals surface area contributed by atoms with Crippen molar-refractivity contribution in [2.24, 2.45) is 0 Å². The van der Waals surface area contributed by atoms with E-state index in [2.05, 4.69) is 5.32 Å². The van der Waals surface area contributed by atoms with Gasteiger partial charge in [-0.05, 0) is 18.6 Å². The molecule has 1 rings (SSSR count). The Morgan fingerprint density at radius 3 is 2.38 bits per heavy atom. The summed E-state index contributed by atoms with van der Waals surface area (Å²) in [7, 11) is 0. The first-order chi connectivity index (χ1) is 9.74. The number of nitrogens with one attached hydrogen (secondary N) is 1. The van der Waals surface area contributed by atoms with E-state index in [9.17, 15) is 14.9 Å². The van der Waals surface area contributed by atoms with Crippen LogP contribution in [0.5, 0.6) is 5.75 Å². The van der Waals surface area contributed by atoms with E-state index in [1.807, 2.05) is 6.92 Å². The molecular weight excluding hydrogens is 343 g/mol. The third-order valence-electron chi connectivity index (χ3n) is 2.37. The van der Waals surface area contributed by atoms with Gasteiger partial charge in [0, 0.05) is 18.6 Å². The van der Waals surface area contributed by atoms with Crippen molar-refractivity contribution in [2.75, 3.05) is 0 Å². The van der Waals surface area contributed by atoms with E-state index in [-0.39, 0.29) is 23.8 Å². The van der Waals surface area contributed by atoms with Crippen molar-refractivity contribution in [2.45, 2.75) is 29.8 Å². The van der Waals surface area contributed by atoms with Crippen LogP contribution in [0.15, 0.2) is 24.3 Å². The number of carbonyl (C=O) groups excluding carboxylic acids is 1. The second-order valence-electron chi connectivity index (χ2n) is 4.11. The molecular formula is C12H13Cl3N2O4. The second-order valence-corrected chi connectivity index (χ2v) is 6.48. The summed E-state index contributed by atoms with van der Waals surface area (Å²) in [4.78, 5) is 21.6. The van der Waals surface area contributed by atoms with Crippen molar-refractivity contribution < 1.29 is 14.5 Å². The number of hydrogen-bond donors (Lipinski definition) is 1. The molecule has 0 saturated carbocycles. The number of halogens is 3. The highest BCUT2D eigenvalue weighted by atomic mass is 35.6. The minimum absolute atomic E-state index is 0.0946. The predicted molar refractivity (Wildman–Crippen MR) is 80.9 cm³/mol. The maximum absolute atomic E-state index is 11.6. The fourth-order valence-electron chi connectivity index (χ4n) is 1.41. The summed E-state index contributed by atoms with van der Waals surface area (Å²) in [5.41, 5.74) is -0.0946. The van der Waals surface area contributed by atoms with Crippen molar-refractivity contribution in [1.29, 1.82) is 0 Å². The number of alkyl halides is 3. The summed E-state index contributed by atoms with van der Waals surface area (Å²) in [6.45, 7) is 1.83. The zero-order valence-electron chi connectivity index (χ0n) is 11.0. The molecule has 6 nitrogen and oxygen atoms in total. The van der Waals surface area contributed by atoms with Crippen LogP contribution in [0.1, 0.15) is 19.8 Å². The molecule has 0 spiro atoms. The quantitative estimate of drug-likeness (QED) is 0.366. The maximum Gasteiger partial charge on any atom is 0.269 e. The molecule has 116 valence electrons. The lowest BCUT2D eigenvalue weighted by atomic mass is 10.3. The van der Waals surface area contributed by atoms with Crippen LogP contribution in [0.25, 0.3) is 0 Å². The van der Waals surface area contributed by atoms with Gasteiger partial charge in [-0.25, -0.2) is 0 Å². The summed E-state index contributed by atoms with van der Waals surface area (Å²) in [6.07, 6.45) is -0.306. The molecule has 1 aromatic rings. The minimum Gasteiger partial charge on any atom is -0.466 e. The van der Waals surface area contributed by atoms with E-state index in [0.29, 0.717) is 6.42 Å². The van der Waals surface area contributed by atoms with Crippen LogP contribution in [-0.2, 0) is 4.79 Å². The smallest absolute Gasteiger partial charge is 0.269 e. The number of nitro groups is 1. The molecule has 1 amide bonds. The number of amides is 1. The van der Waals surface area contributed by atoms with Gasteiger partial charge in [0.2, 0.25) is 15.9 Å². The monoisotopic (exact) mass is 354 g/mol. The summed E-state index contributed by atoms with van der Waals surface area (Å²) >= 11 is 17.3. The Bertz CT molecular complexity index is 502. The van der Waals surface area contributed by atoms with Crippen molar-refractivity contribution in [3.05, 3.63) is 34.4 Å². The molecule has 0 fully saturated rings. The summed E-state index contributed by atoms with van der Waals surface area (Å²) < 4.78 is 3.50. The van der Waals surface area contributed by atoms with Crippen LogP contribution >= 0.6 is 34.8 Å². The number of hydrogen-bond acceptors (Lipinski definition) is 4. The van der Waals surface area contributed by atoms with Gasteiger partial charge in [-0.1, -0.05) is 41.7 Å². The average Bonchev–Trinajstić information content (AvgIpc) is 2.37. The van der Waals surface area contributed by atoms with E-state index in [0.717, 1.165) is 0 Å². The number of carbonyl (C=O) groups is 1. The van der Waals surface area contributed by atoms with Gasteiger partial charge in [-0.15, -0.1) is 0 Å². The molecule has 0 bridgehead atoms. The van der Waals surface area contributed by atoms with Crippen molar-refractivity contribution in [3.8, 4) is 5.75 Å². The van der Waals surface area contributed by atoms with Gasteiger partial charge in [0.15, 0.2) is 0 Å². The predicted octanol–water partition coefficient (Wildman–Crippen LogP) is 3.59. The first kappa shape index (κ1) is 17.8. The first-order valence-corrected chi connectivity index (χ1v) is 7.14. The van der Waals surface area contributed by atoms with Crippen LogP contribution in [0.2, 0.25) is 0 Å². The zero-order chi connectivity index (χ0) is 16.0. The summed E-state index contributed by atoms with van der Waals surface area (Å²) in [5, 5.41) is 13.0. The van der Waals surface area contributed by atoms with Gasteiger partial charge in [0.25, 0.3) is 5.69 Å². The number of benzene rings is 1. The van der Waals surface area contributed by atoms with Gasteiger partial charge in [-0.2, -0.15) is 0 Å². The molecule has 0 saturated heterocycles. The topological polar surface area (TPSA) is 81.5 Å². The van der Waals surface area contributed by atoms with Gasteiger partial charge in [0.05, 0.1) is 4.92 Å². The Hall–Kier alpha value is -1.24. The number of nitrogens with zero attached hydrogens (tertiary/aromatic N) is 1. The lowest BCUT2D eigenvalue weighted by molar-refractivity contribution is -0.384. The maximum atomic E-state index is 11.6. The Morgan fingerprint density at radius 2 is 1.95 bits per heavy atom. The van der Waals surface area contributed by atoms with E-state index < -0.39 is 14.9 Å². The molecule has 0 aliphatic heterocycles. The molecule has 0 radical (unpaired) electrons. The minimum atomic E-state index is -1.88. The molecule has 1 atom stereocenters. The lowest BCUT2D eigenvalue weighted by Crippen LogP contribution is -2.47. The molecule has 0 aliphatic carbocycles. The lowest BCUT2D eigenvalue weighted by Gasteiger charge is -2.26. The Kier molecular flexibility index (Phi) is 6.51. The van der Waals surface area contributed by atoms with Gasteiger partial charge < -0.3 is 10.1 Å². The highest BCUT2D eigenvalue weighted by Crippen LogP contribution is 2.32. The zero-order valence-corrected chi connectivity index (χ0v) is 13.3. The second kappa shape index (κ2) is 7.68. The molecule has 0 unspecified atom stereocenters. The third-order valence-corrected chi connectivity index (χ3v) is 2.96. The molecule has 0 aliphatic rings. The van der Waals surface area contributed by atoms with Crippen molar-refractivity contribution in [3.63, 3.8) is 0 Å². The van der Waals surface area contributed by atoms with Gasteiger partial charge >= 0.3 is 0 Å². The number of ether oxygens (including phenoxy) is 1. The molecule has 0 aromatic heterocycles. The molecule has 0 heterocycles. The number of nitro benzene ring substituents is 1. The van der Waals surface area contributed by atoms with Gasteiger partial charge in [0.1, 0.15) is 5.75 Å². The van der Waals surface area contributed by atoms with E-state index in [1.165, 1.54) is 24.3 Å². The van der Waals surface area contributed by atoms with Crippen LogP contribution in [0.4, 0.5) is 5.69 Å². The van der Waals surface area contributed by atoms with Crippen LogP contribution < -0.4 is 10.1 Å². The fourth-order valence-corrected chi connectivity index (χ4v) is 1.70. The number of rotatable bonds is 6. The molecule has 1 N–H and O–H groups in total. The molecule has 9 heteroatoms.